The molecule has 2 atom stereocenters. The van der Waals surface area contributed by atoms with Crippen molar-refractivity contribution in [1.82, 2.24) is 10.6 Å². The number of rotatable bonds is 3. The molecule has 1 aromatic carbocycles. The van der Waals surface area contributed by atoms with E-state index < -0.39 is 5.60 Å². The molecule has 0 spiro atoms. The average molecular weight is 276 g/mol. The van der Waals surface area contributed by atoms with Crippen molar-refractivity contribution in [3.05, 3.63) is 35.9 Å². The Morgan fingerprint density at radius 2 is 2.00 bits per heavy atom. The van der Waals surface area contributed by atoms with Gasteiger partial charge < -0.3 is 15.4 Å². The minimum absolute atomic E-state index is 0.130. The van der Waals surface area contributed by atoms with Crippen molar-refractivity contribution in [1.29, 1.82) is 0 Å². The molecule has 1 aliphatic heterocycles. The molecule has 2 N–H and O–H groups in total. The third-order valence-corrected chi connectivity index (χ3v) is 3.38. The second-order valence-electron chi connectivity index (χ2n) is 6.36. The lowest BCUT2D eigenvalue weighted by atomic mass is 9.95. The number of ether oxygens (including phenoxy) is 1. The third-order valence-electron chi connectivity index (χ3n) is 3.38. The van der Waals surface area contributed by atoms with Crippen LogP contribution in [-0.4, -0.2) is 30.8 Å². The largest absolute Gasteiger partial charge is 0.444 e. The van der Waals surface area contributed by atoms with E-state index >= 15 is 0 Å². The summed E-state index contributed by atoms with van der Waals surface area (Å²) in [7, 11) is 0. The molecule has 1 heterocycles. The molecular formula is C16H24N2O2. The maximum absolute atomic E-state index is 11.9. The van der Waals surface area contributed by atoms with Crippen LogP contribution >= 0.6 is 0 Å². The molecule has 2 unspecified atom stereocenters. The Kier molecular flexibility index (Phi) is 4.65. The summed E-state index contributed by atoms with van der Waals surface area (Å²) in [4.78, 5) is 11.9. The van der Waals surface area contributed by atoms with Crippen molar-refractivity contribution in [3.63, 3.8) is 0 Å². The van der Waals surface area contributed by atoms with E-state index in [4.69, 9.17) is 4.74 Å². The van der Waals surface area contributed by atoms with E-state index in [0.29, 0.717) is 5.92 Å². The molecular weight excluding hydrogens is 252 g/mol. The Morgan fingerprint density at radius 3 is 2.65 bits per heavy atom. The lowest BCUT2D eigenvalue weighted by Gasteiger charge is -2.24. The van der Waals surface area contributed by atoms with E-state index in [2.05, 4.69) is 22.8 Å². The molecule has 4 nitrogen and oxygen atoms in total. The molecule has 1 aromatic rings. The van der Waals surface area contributed by atoms with Gasteiger partial charge in [0.2, 0.25) is 0 Å². The van der Waals surface area contributed by atoms with Crippen molar-refractivity contribution < 1.29 is 9.53 Å². The monoisotopic (exact) mass is 276 g/mol. The number of carbonyl (C=O) groups excluding carboxylic acids is 1. The Hall–Kier alpha value is -1.55. The molecule has 0 saturated carbocycles. The van der Waals surface area contributed by atoms with E-state index in [-0.39, 0.29) is 12.1 Å². The molecule has 1 fully saturated rings. The highest BCUT2D eigenvalue weighted by molar-refractivity contribution is 5.68. The van der Waals surface area contributed by atoms with E-state index in [1.165, 1.54) is 5.56 Å². The maximum Gasteiger partial charge on any atom is 0.407 e. The normalized spacial score (nSPS) is 22.6. The summed E-state index contributed by atoms with van der Waals surface area (Å²) in [5, 5.41) is 6.32. The van der Waals surface area contributed by atoms with Gasteiger partial charge in [0.1, 0.15) is 5.60 Å². The molecule has 4 heteroatoms. The van der Waals surface area contributed by atoms with Crippen molar-refractivity contribution in [2.45, 2.75) is 38.8 Å². The Balaban J connectivity index is 1.89. The predicted molar refractivity (Wildman–Crippen MR) is 79.7 cm³/mol. The molecule has 0 aromatic heterocycles. The van der Waals surface area contributed by atoms with Crippen LogP contribution in [0.1, 0.15) is 26.3 Å². The Labute approximate surface area is 120 Å². The Morgan fingerprint density at radius 1 is 1.30 bits per heavy atom. The van der Waals surface area contributed by atoms with E-state index in [9.17, 15) is 4.79 Å². The number of benzene rings is 1. The zero-order valence-corrected chi connectivity index (χ0v) is 12.5. The highest BCUT2D eigenvalue weighted by Gasteiger charge is 2.29. The first-order valence-corrected chi connectivity index (χ1v) is 7.18. The minimum atomic E-state index is -0.453. The molecule has 2 rings (SSSR count). The minimum Gasteiger partial charge on any atom is -0.444 e. The smallest absolute Gasteiger partial charge is 0.407 e. The summed E-state index contributed by atoms with van der Waals surface area (Å²) >= 11 is 0. The summed E-state index contributed by atoms with van der Waals surface area (Å²) in [6.07, 6.45) is 0.637. The number of alkyl carbamates (subject to hydrolysis) is 1. The molecule has 20 heavy (non-hydrogen) atoms. The lowest BCUT2D eigenvalue weighted by Crippen LogP contribution is -2.43. The highest BCUT2D eigenvalue weighted by atomic mass is 16.6. The summed E-state index contributed by atoms with van der Waals surface area (Å²) < 4.78 is 5.32. The van der Waals surface area contributed by atoms with E-state index in [1.807, 2.05) is 39.0 Å². The van der Waals surface area contributed by atoms with Crippen molar-refractivity contribution in [2.75, 3.05) is 13.1 Å². The van der Waals surface area contributed by atoms with Gasteiger partial charge in [-0.25, -0.2) is 4.79 Å². The summed E-state index contributed by atoms with van der Waals surface area (Å²) in [6.45, 7) is 7.36. The van der Waals surface area contributed by atoms with Crippen molar-refractivity contribution in [3.8, 4) is 0 Å². The van der Waals surface area contributed by atoms with Crippen LogP contribution in [0.4, 0.5) is 4.79 Å². The second-order valence-corrected chi connectivity index (χ2v) is 6.36. The number of nitrogens with one attached hydrogen (secondary N) is 2. The predicted octanol–water partition coefficient (Wildman–Crippen LogP) is 2.34. The van der Waals surface area contributed by atoms with Crippen LogP contribution in [0.2, 0.25) is 0 Å². The van der Waals surface area contributed by atoms with Gasteiger partial charge in [0.15, 0.2) is 0 Å². The lowest BCUT2D eigenvalue weighted by molar-refractivity contribution is 0.0497. The van der Waals surface area contributed by atoms with Gasteiger partial charge in [0.25, 0.3) is 0 Å². The van der Waals surface area contributed by atoms with Gasteiger partial charge in [0.05, 0.1) is 0 Å². The molecule has 1 aliphatic rings. The third kappa shape index (κ3) is 4.53. The standard InChI is InChI=1S/C16H24N2O2/c1-16(2,3)20-15(19)18-14-11-17-10-13(14)9-12-7-5-4-6-8-12/h4-8,13-14,17H,9-11H2,1-3H3,(H,18,19). The first-order valence-electron chi connectivity index (χ1n) is 7.18. The fourth-order valence-electron chi connectivity index (χ4n) is 2.49. The number of hydrogen-bond donors (Lipinski definition) is 2. The van der Waals surface area contributed by atoms with Gasteiger partial charge in [-0.1, -0.05) is 30.3 Å². The van der Waals surface area contributed by atoms with Gasteiger partial charge >= 0.3 is 6.09 Å². The highest BCUT2D eigenvalue weighted by Crippen LogP contribution is 2.17. The van der Waals surface area contributed by atoms with Crippen LogP contribution in [-0.2, 0) is 11.2 Å². The summed E-state index contributed by atoms with van der Waals surface area (Å²) in [5.74, 6) is 0.407. The molecule has 1 saturated heterocycles. The number of carbonyl (C=O) groups is 1. The first kappa shape index (κ1) is 14.9. The molecule has 110 valence electrons. The fraction of sp³-hybridized carbons (Fsp3) is 0.562. The van der Waals surface area contributed by atoms with Crippen LogP contribution in [0.25, 0.3) is 0 Å². The van der Waals surface area contributed by atoms with Crippen molar-refractivity contribution in [2.24, 2.45) is 5.92 Å². The topological polar surface area (TPSA) is 50.4 Å². The maximum atomic E-state index is 11.9. The fourth-order valence-corrected chi connectivity index (χ4v) is 2.49. The van der Waals surface area contributed by atoms with Crippen LogP contribution in [0.15, 0.2) is 30.3 Å². The molecule has 0 bridgehead atoms. The van der Waals surface area contributed by atoms with Gasteiger partial charge in [-0.2, -0.15) is 0 Å². The molecule has 0 aliphatic carbocycles. The number of hydrogen-bond acceptors (Lipinski definition) is 3. The van der Waals surface area contributed by atoms with Crippen LogP contribution < -0.4 is 10.6 Å². The second kappa shape index (κ2) is 6.27. The summed E-state index contributed by atoms with van der Waals surface area (Å²) in [5.41, 5.74) is 0.850. The van der Waals surface area contributed by atoms with Gasteiger partial charge in [-0.3, -0.25) is 0 Å². The zero-order chi connectivity index (χ0) is 14.6. The van der Waals surface area contributed by atoms with Crippen LogP contribution in [0, 0.1) is 5.92 Å². The molecule has 1 amide bonds. The zero-order valence-electron chi connectivity index (χ0n) is 12.5. The Bertz CT molecular complexity index is 440. The number of amides is 1. The first-order chi connectivity index (χ1) is 9.44. The quantitative estimate of drug-likeness (QED) is 0.891. The SMILES string of the molecule is CC(C)(C)OC(=O)NC1CNCC1Cc1ccccc1. The van der Waals surface area contributed by atoms with Gasteiger partial charge in [0, 0.05) is 19.1 Å². The van der Waals surface area contributed by atoms with Gasteiger partial charge in [-0.05, 0) is 38.7 Å². The van der Waals surface area contributed by atoms with Gasteiger partial charge in [-0.15, -0.1) is 0 Å². The van der Waals surface area contributed by atoms with Crippen LogP contribution in [0.5, 0.6) is 0 Å². The molecule has 0 radical (unpaired) electrons. The average Bonchev–Trinajstić information content (AvgIpc) is 2.75. The summed E-state index contributed by atoms with van der Waals surface area (Å²) in [6, 6.07) is 10.5. The van der Waals surface area contributed by atoms with Crippen molar-refractivity contribution >= 4 is 6.09 Å². The van der Waals surface area contributed by atoms with Crippen LogP contribution in [0.3, 0.4) is 0 Å². The van der Waals surface area contributed by atoms with E-state index in [1.54, 1.807) is 0 Å². The van der Waals surface area contributed by atoms with E-state index in [0.717, 1.165) is 19.5 Å².